The van der Waals surface area contributed by atoms with Gasteiger partial charge in [0.2, 0.25) is 0 Å². The number of hydrogen-bond donors (Lipinski definition) is 0. The molecule has 0 amide bonds. The van der Waals surface area contributed by atoms with Gasteiger partial charge in [-0.2, -0.15) is 0 Å². The molecule has 0 saturated carbocycles. The normalized spacial score (nSPS) is 11.6. The molecule has 0 aliphatic heterocycles. The first-order valence-corrected chi connectivity index (χ1v) is 8.74. The van der Waals surface area contributed by atoms with Gasteiger partial charge < -0.3 is 0 Å². The Morgan fingerprint density at radius 3 is 2.00 bits per heavy atom. The maximum atomic E-state index is 8.85. The van der Waals surface area contributed by atoms with Crippen molar-refractivity contribution >= 4 is 29.9 Å². The van der Waals surface area contributed by atoms with Gasteiger partial charge in [0.25, 0.3) is 0 Å². The van der Waals surface area contributed by atoms with Gasteiger partial charge in [-0.1, -0.05) is 0 Å². The standard InChI is InChI=1S/C13H18N2Se2/c1-10(2)11(16-8-14)6-7-12(17-9-15)13(3,4)5/h7H,6H2,1-5H3/b12-7+. The molecule has 4 heteroatoms. The van der Waals surface area contributed by atoms with Crippen LogP contribution < -0.4 is 0 Å². The van der Waals surface area contributed by atoms with E-state index in [9.17, 15) is 0 Å². The van der Waals surface area contributed by atoms with Crippen molar-refractivity contribution in [2.24, 2.45) is 5.41 Å². The summed E-state index contributed by atoms with van der Waals surface area (Å²) in [6, 6.07) is 0. The Bertz CT molecular complexity index is 397. The Labute approximate surface area is 117 Å². The second-order valence-electron chi connectivity index (χ2n) is 4.83. The van der Waals surface area contributed by atoms with Crippen LogP contribution in [0.2, 0.25) is 0 Å². The number of allylic oxidation sites excluding steroid dienone is 4. The quantitative estimate of drug-likeness (QED) is 0.724. The SMILES string of the molecule is CC(C)=C(C/C=C(/[Se]C#N)C(C)(C)C)[Se]C#N. The van der Waals surface area contributed by atoms with Gasteiger partial charge in [0.05, 0.1) is 0 Å². The molecule has 0 aliphatic carbocycles. The molecule has 0 spiro atoms. The molecule has 0 aromatic carbocycles. The van der Waals surface area contributed by atoms with E-state index in [1.54, 1.807) is 0 Å². The zero-order chi connectivity index (χ0) is 13.5. The first-order valence-electron chi connectivity index (χ1n) is 5.31. The molecular weight excluding hydrogens is 342 g/mol. The van der Waals surface area contributed by atoms with E-state index >= 15 is 0 Å². The Kier molecular flexibility index (Phi) is 7.53. The Balaban J connectivity index is 4.95. The van der Waals surface area contributed by atoms with Crippen LogP contribution in [0.3, 0.4) is 0 Å². The molecular formula is C13H18N2Se2. The van der Waals surface area contributed by atoms with Gasteiger partial charge in [-0.15, -0.1) is 0 Å². The summed E-state index contributed by atoms with van der Waals surface area (Å²) in [5.41, 5.74) is 1.29. The second kappa shape index (κ2) is 7.75. The molecule has 0 bridgehead atoms. The fourth-order valence-corrected chi connectivity index (χ4v) is 3.35. The van der Waals surface area contributed by atoms with Gasteiger partial charge in [-0.25, -0.2) is 0 Å². The molecule has 0 unspecified atom stereocenters. The van der Waals surface area contributed by atoms with E-state index in [0.29, 0.717) is 0 Å². The summed E-state index contributed by atoms with van der Waals surface area (Å²) in [4.78, 5) is 4.54. The summed E-state index contributed by atoms with van der Waals surface area (Å²) < 4.78 is 2.45. The minimum absolute atomic E-state index is 0.0577. The molecule has 0 heterocycles. The van der Waals surface area contributed by atoms with Crippen molar-refractivity contribution in [2.75, 3.05) is 0 Å². The average Bonchev–Trinajstić information content (AvgIpc) is 2.20. The van der Waals surface area contributed by atoms with Crippen LogP contribution in [0, 0.1) is 25.9 Å². The summed E-state index contributed by atoms with van der Waals surface area (Å²) >= 11 is -0.164. The van der Waals surface area contributed by atoms with Crippen LogP contribution in [0.4, 0.5) is 0 Å². The molecule has 0 fully saturated rings. The molecule has 2 nitrogen and oxygen atoms in total. The molecule has 0 aromatic rings. The summed E-state index contributed by atoms with van der Waals surface area (Å²) in [6.07, 6.45) is 2.98. The van der Waals surface area contributed by atoms with E-state index in [4.69, 9.17) is 10.5 Å². The van der Waals surface area contributed by atoms with E-state index in [-0.39, 0.29) is 35.3 Å². The summed E-state index contributed by atoms with van der Waals surface area (Å²) in [5.74, 6) is 0. The van der Waals surface area contributed by atoms with Crippen LogP contribution in [-0.4, -0.2) is 29.9 Å². The predicted molar refractivity (Wildman–Crippen MR) is 73.3 cm³/mol. The van der Waals surface area contributed by atoms with Crippen molar-refractivity contribution in [3.05, 3.63) is 20.6 Å². The Hall–Kier alpha value is -0.501. The monoisotopic (exact) mass is 362 g/mol. The van der Waals surface area contributed by atoms with Gasteiger partial charge in [0.15, 0.2) is 0 Å². The molecule has 17 heavy (non-hydrogen) atoms. The number of nitrogens with zero attached hydrogens (tertiary/aromatic N) is 2. The predicted octanol–water partition coefficient (Wildman–Crippen LogP) is 2.97. The average molecular weight is 360 g/mol. The van der Waals surface area contributed by atoms with Gasteiger partial charge in [0, 0.05) is 0 Å². The van der Waals surface area contributed by atoms with Crippen LogP contribution in [0.5, 0.6) is 0 Å². The van der Waals surface area contributed by atoms with Crippen molar-refractivity contribution in [2.45, 2.75) is 41.0 Å². The van der Waals surface area contributed by atoms with Crippen molar-refractivity contribution in [1.29, 1.82) is 10.5 Å². The number of rotatable bonds is 4. The fourth-order valence-electron chi connectivity index (χ4n) is 1.14. The van der Waals surface area contributed by atoms with E-state index in [1.807, 2.05) is 0 Å². The molecule has 0 rings (SSSR count). The van der Waals surface area contributed by atoms with Crippen LogP contribution in [0.1, 0.15) is 41.0 Å². The first-order chi connectivity index (χ1) is 7.82. The Morgan fingerprint density at radius 1 is 1.12 bits per heavy atom. The maximum absolute atomic E-state index is 8.85. The van der Waals surface area contributed by atoms with Crippen molar-refractivity contribution < 1.29 is 0 Å². The first kappa shape index (κ1) is 16.5. The third-order valence-electron chi connectivity index (χ3n) is 2.09. The van der Waals surface area contributed by atoms with E-state index in [0.717, 1.165) is 6.42 Å². The van der Waals surface area contributed by atoms with E-state index in [2.05, 4.69) is 50.6 Å². The number of hydrogen-bond acceptors (Lipinski definition) is 2. The molecule has 0 atom stereocenters. The summed E-state index contributed by atoms with van der Waals surface area (Å²) in [6.45, 7) is 10.5. The number of nitriles is 2. The van der Waals surface area contributed by atoms with Crippen molar-refractivity contribution in [3.63, 3.8) is 0 Å². The van der Waals surface area contributed by atoms with Crippen LogP contribution in [0.15, 0.2) is 20.6 Å². The second-order valence-corrected chi connectivity index (χ2v) is 8.41. The Morgan fingerprint density at radius 2 is 1.65 bits per heavy atom. The van der Waals surface area contributed by atoms with Gasteiger partial charge in [-0.3, -0.25) is 0 Å². The van der Waals surface area contributed by atoms with Crippen LogP contribution >= 0.6 is 0 Å². The van der Waals surface area contributed by atoms with Crippen molar-refractivity contribution in [1.82, 2.24) is 0 Å². The topological polar surface area (TPSA) is 47.6 Å². The van der Waals surface area contributed by atoms with Crippen LogP contribution in [0.25, 0.3) is 0 Å². The minimum atomic E-state index is -0.0926. The fraction of sp³-hybridized carbons (Fsp3) is 0.538. The van der Waals surface area contributed by atoms with Gasteiger partial charge in [-0.05, 0) is 0 Å². The molecule has 0 saturated heterocycles. The zero-order valence-electron chi connectivity index (χ0n) is 11.0. The molecule has 92 valence electrons. The summed E-state index contributed by atoms with van der Waals surface area (Å²) in [5, 5.41) is 17.6. The van der Waals surface area contributed by atoms with E-state index < -0.39 is 0 Å². The third kappa shape index (κ3) is 6.72. The molecule has 0 aliphatic rings. The van der Waals surface area contributed by atoms with Crippen molar-refractivity contribution in [3.8, 4) is 9.94 Å². The van der Waals surface area contributed by atoms with Gasteiger partial charge in [0.1, 0.15) is 0 Å². The van der Waals surface area contributed by atoms with E-state index in [1.165, 1.54) is 14.5 Å². The van der Waals surface area contributed by atoms with Crippen LogP contribution in [-0.2, 0) is 0 Å². The molecule has 0 N–H and O–H groups in total. The molecule has 0 aromatic heterocycles. The summed E-state index contributed by atoms with van der Waals surface area (Å²) in [7, 11) is 0. The van der Waals surface area contributed by atoms with Gasteiger partial charge >= 0.3 is 117 Å². The zero-order valence-corrected chi connectivity index (χ0v) is 14.4. The molecule has 0 radical (unpaired) electrons. The third-order valence-corrected chi connectivity index (χ3v) is 6.30.